The van der Waals surface area contributed by atoms with Crippen LogP contribution in [0.2, 0.25) is 5.02 Å². The monoisotopic (exact) mass is 358 g/mol. The minimum Gasteiger partial charge on any atom is -0.360 e. The molecule has 0 radical (unpaired) electrons. The molecule has 2 aromatic heterocycles. The Kier molecular flexibility index (Phi) is 4.95. The first-order valence-corrected chi connectivity index (χ1v) is 7.86. The van der Waals surface area contributed by atoms with E-state index in [-0.39, 0.29) is 5.91 Å². The second-order valence-electron chi connectivity index (χ2n) is 5.43. The number of nitrogens with zero attached hydrogens (tertiary/aromatic N) is 3. The van der Waals surface area contributed by atoms with Crippen molar-refractivity contribution in [1.29, 1.82) is 0 Å². The second kappa shape index (κ2) is 7.31. The number of rotatable bonds is 5. The summed E-state index contributed by atoms with van der Waals surface area (Å²) < 4.78 is 10.3. The minimum atomic E-state index is -0.776. The predicted molar refractivity (Wildman–Crippen MR) is 93.5 cm³/mol. The lowest BCUT2D eigenvalue weighted by Gasteiger charge is -2.10. The molecular formula is C17H15ClN4O3. The highest BCUT2D eigenvalue weighted by atomic mass is 35.5. The summed E-state index contributed by atoms with van der Waals surface area (Å²) >= 11 is 5.86. The molecule has 0 bridgehead atoms. The van der Waals surface area contributed by atoms with Crippen molar-refractivity contribution < 1.29 is 13.8 Å². The van der Waals surface area contributed by atoms with Crippen LogP contribution < -0.4 is 5.32 Å². The van der Waals surface area contributed by atoms with Crippen LogP contribution in [0.25, 0.3) is 0 Å². The fourth-order valence-corrected chi connectivity index (χ4v) is 2.24. The Labute approximate surface area is 148 Å². The van der Waals surface area contributed by atoms with Gasteiger partial charge in [0.2, 0.25) is 11.8 Å². The highest BCUT2D eigenvalue weighted by molar-refractivity contribution is 6.30. The predicted octanol–water partition coefficient (Wildman–Crippen LogP) is 4.06. The van der Waals surface area contributed by atoms with E-state index in [4.69, 9.17) is 20.6 Å². The zero-order valence-corrected chi connectivity index (χ0v) is 14.3. The Hall–Kier alpha value is -2.93. The third-order valence-electron chi connectivity index (χ3n) is 3.31. The standard InChI is InChI=1S/C17H15ClN4O3/c1-10-7-15(24-21-10)14(9-19-16-8-11(2)22-25-16)17(23)20-13-5-3-12(18)4-6-13/h3-9,14H,1-2H3,(H,20,23). The van der Waals surface area contributed by atoms with E-state index in [1.807, 2.05) is 0 Å². The molecule has 128 valence electrons. The number of amides is 1. The van der Waals surface area contributed by atoms with Gasteiger partial charge >= 0.3 is 0 Å². The van der Waals surface area contributed by atoms with Gasteiger partial charge in [-0.25, -0.2) is 4.99 Å². The summed E-state index contributed by atoms with van der Waals surface area (Å²) in [5, 5.41) is 11.0. The third-order valence-corrected chi connectivity index (χ3v) is 3.57. The molecule has 7 nitrogen and oxygen atoms in total. The van der Waals surface area contributed by atoms with E-state index < -0.39 is 5.92 Å². The highest BCUT2D eigenvalue weighted by Crippen LogP contribution is 2.21. The molecule has 1 N–H and O–H groups in total. The quantitative estimate of drug-likeness (QED) is 0.694. The van der Waals surface area contributed by atoms with E-state index in [1.54, 1.807) is 50.2 Å². The molecule has 0 aliphatic heterocycles. The zero-order chi connectivity index (χ0) is 17.8. The molecule has 0 spiro atoms. The fourth-order valence-electron chi connectivity index (χ4n) is 2.11. The summed E-state index contributed by atoms with van der Waals surface area (Å²) in [6.07, 6.45) is 1.44. The number of anilines is 1. The van der Waals surface area contributed by atoms with Crippen molar-refractivity contribution in [3.8, 4) is 0 Å². The molecular weight excluding hydrogens is 344 g/mol. The SMILES string of the molecule is Cc1cc(N=CC(C(=O)Nc2ccc(Cl)cc2)c2cc(C)no2)on1. The van der Waals surface area contributed by atoms with Crippen molar-refractivity contribution in [2.24, 2.45) is 4.99 Å². The van der Waals surface area contributed by atoms with E-state index in [2.05, 4.69) is 20.6 Å². The molecule has 1 aromatic carbocycles. The maximum Gasteiger partial charge on any atom is 0.250 e. The van der Waals surface area contributed by atoms with Crippen LogP contribution in [0.5, 0.6) is 0 Å². The maximum absolute atomic E-state index is 12.7. The Morgan fingerprint density at radius 3 is 2.44 bits per heavy atom. The van der Waals surface area contributed by atoms with Crippen molar-refractivity contribution in [2.45, 2.75) is 19.8 Å². The summed E-state index contributed by atoms with van der Waals surface area (Å²) in [5.74, 6) is -0.414. The molecule has 0 fully saturated rings. The lowest BCUT2D eigenvalue weighted by atomic mass is 10.1. The summed E-state index contributed by atoms with van der Waals surface area (Å²) in [5.41, 5.74) is 1.98. The average molecular weight is 359 g/mol. The van der Waals surface area contributed by atoms with E-state index in [0.29, 0.717) is 33.7 Å². The topological polar surface area (TPSA) is 93.5 Å². The van der Waals surface area contributed by atoms with E-state index in [1.165, 1.54) is 6.21 Å². The van der Waals surface area contributed by atoms with Gasteiger partial charge in [0.25, 0.3) is 0 Å². The van der Waals surface area contributed by atoms with Gasteiger partial charge in [0.05, 0.1) is 11.4 Å². The third kappa shape index (κ3) is 4.33. The van der Waals surface area contributed by atoms with Crippen LogP contribution in [-0.4, -0.2) is 22.4 Å². The molecule has 0 saturated carbocycles. The summed E-state index contributed by atoms with van der Waals surface area (Å²) in [7, 11) is 0. The van der Waals surface area contributed by atoms with Crippen molar-refractivity contribution in [1.82, 2.24) is 10.3 Å². The van der Waals surface area contributed by atoms with Gasteiger partial charge in [-0.1, -0.05) is 21.9 Å². The fraction of sp³-hybridized carbons (Fsp3) is 0.176. The second-order valence-corrected chi connectivity index (χ2v) is 5.87. The molecule has 0 aliphatic carbocycles. The molecule has 3 aromatic rings. The number of benzene rings is 1. The number of nitrogens with one attached hydrogen (secondary N) is 1. The van der Waals surface area contributed by atoms with Gasteiger partial charge in [0.1, 0.15) is 5.92 Å². The Morgan fingerprint density at radius 2 is 1.84 bits per heavy atom. The number of hydrogen-bond donors (Lipinski definition) is 1. The molecule has 1 amide bonds. The average Bonchev–Trinajstić information content (AvgIpc) is 3.18. The van der Waals surface area contributed by atoms with Gasteiger partial charge in [-0.3, -0.25) is 4.79 Å². The Morgan fingerprint density at radius 1 is 1.16 bits per heavy atom. The van der Waals surface area contributed by atoms with E-state index >= 15 is 0 Å². The largest absolute Gasteiger partial charge is 0.360 e. The lowest BCUT2D eigenvalue weighted by molar-refractivity contribution is -0.116. The van der Waals surface area contributed by atoms with Gasteiger partial charge in [-0.05, 0) is 38.1 Å². The number of carbonyl (C=O) groups excluding carboxylic acids is 1. The van der Waals surface area contributed by atoms with Crippen LogP contribution >= 0.6 is 11.6 Å². The van der Waals surface area contributed by atoms with Crippen molar-refractivity contribution in [2.75, 3.05) is 5.32 Å². The number of aliphatic imine (C=N–C) groups is 1. The molecule has 0 saturated heterocycles. The molecule has 25 heavy (non-hydrogen) atoms. The Balaban J connectivity index is 1.83. The van der Waals surface area contributed by atoms with Gasteiger partial charge in [-0.15, -0.1) is 0 Å². The highest BCUT2D eigenvalue weighted by Gasteiger charge is 2.23. The van der Waals surface area contributed by atoms with Crippen molar-refractivity contribution in [3.63, 3.8) is 0 Å². The number of halogens is 1. The minimum absolute atomic E-state index is 0.304. The van der Waals surface area contributed by atoms with Gasteiger partial charge in [-0.2, -0.15) is 0 Å². The molecule has 0 aliphatic rings. The zero-order valence-electron chi connectivity index (χ0n) is 13.6. The summed E-state index contributed by atoms with van der Waals surface area (Å²) in [4.78, 5) is 16.8. The molecule has 3 rings (SSSR count). The molecule has 2 heterocycles. The van der Waals surface area contributed by atoms with Gasteiger partial charge in [0, 0.05) is 29.1 Å². The maximum atomic E-state index is 12.7. The van der Waals surface area contributed by atoms with Crippen molar-refractivity contribution in [3.05, 3.63) is 58.6 Å². The van der Waals surface area contributed by atoms with Crippen LogP contribution in [0.1, 0.15) is 23.1 Å². The van der Waals surface area contributed by atoms with Crippen molar-refractivity contribution >= 4 is 35.3 Å². The number of hydrogen-bond acceptors (Lipinski definition) is 6. The van der Waals surface area contributed by atoms with E-state index in [0.717, 1.165) is 0 Å². The van der Waals surface area contributed by atoms with Crippen LogP contribution in [0.15, 0.2) is 50.4 Å². The molecule has 1 atom stereocenters. The first-order valence-electron chi connectivity index (χ1n) is 7.48. The number of aryl methyl sites for hydroxylation is 2. The molecule has 8 heteroatoms. The van der Waals surface area contributed by atoms with Crippen LogP contribution in [0.4, 0.5) is 11.6 Å². The first kappa shape index (κ1) is 16.9. The van der Waals surface area contributed by atoms with Crippen LogP contribution in [-0.2, 0) is 4.79 Å². The first-order chi connectivity index (χ1) is 12.0. The van der Waals surface area contributed by atoms with Gasteiger partial charge in [0.15, 0.2) is 5.76 Å². The summed E-state index contributed by atoms with van der Waals surface area (Å²) in [6.45, 7) is 3.56. The van der Waals surface area contributed by atoms with Gasteiger partial charge < -0.3 is 14.4 Å². The lowest BCUT2D eigenvalue weighted by Crippen LogP contribution is -2.22. The number of carbonyl (C=O) groups is 1. The smallest absolute Gasteiger partial charge is 0.250 e. The van der Waals surface area contributed by atoms with E-state index in [9.17, 15) is 4.79 Å². The Bertz CT molecular complexity index is 899. The summed E-state index contributed by atoms with van der Waals surface area (Å²) in [6, 6.07) is 10.1. The van der Waals surface area contributed by atoms with Crippen LogP contribution in [0.3, 0.4) is 0 Å². The van der Waals surface area contributed by atoms with Crippen LogP contribution in [0, 0.1) is 13.8 Å². The molecule has 1 unspecified atom stereocenters. The normalized spacial score (nSPS) is 12.4. The number of aromatic nitrogens is 2.